The zero-order valence-corrected chi connectivity index (χ0v) is 12.5. The third kappa shape index (κ3) is 2.46. The van der Waals surface area contributed by atoms with Crippen LogP contribution >= 0.6 is 11.3 Å². The molecule has 1 amide bonds. The molecule has 22 heavy (non-hydrogen) atoms. The van der Waals surface area contributed by atoms with Crippen LogP contribution in [0.3, 0.4) is 0 Å². The highest BCUT2D eigenvalue weighted by atomic mass is 32.1. The second kappa shape index (κ2) is 5.27. The molecule has 4 rings (SSSR count). The van der Waals surface area contributed by atoms with Gasteiger partial charge in [0.25, 0.3) is 0 Å². The van der Waals surface area contributed by atoms with E-state index in [1.807, 2.05) is 53.9 Å². The van der Waals surface area contributed by atoms with Gasteiger partial charge in [-0.15, -0.1) is 11.3 Å². The molecule has 0 radical (unpaired) electrons. The summed E-state index contributed by atoms with van der Waals surface area (Å²) in [6.45, 7) is 0. The van der Waals surface area contributed by atoms with Gasteiger partial charge in [-0.3, -0.25) is 4.79 Å². The molecule has 0 bridgehead atoms. The molecule has 0 spiro atoms. The molecule has 3 aromatic rings. The maximum Gasteiger partial charge on any atom is 0.228 e. The first-order valence-corrected chi connectivity index (χ1v) is 7.87. The first-order valence-electron chi connectivity index (χ1n) is 6.99. The summed E-state index contributed by atoms with van der Waals surface area (Å²) in [6.07, 6.45) is 0.447. The molecule has 0 unspecified atom stereocenters. The molecule has 1 aliphatic heterocycles. The van der Waals surface area contributed by atoms with Crippen molar-refractivity contribution in [3.05, 3.63) is 59.5 Å². The van der Waals surface area contributed by atoms with E-state index < -0.39 is 0 Å². The Hall–Kier alpha value is -2.66. The van der Waals surface area contributed by atoms with Crippen molar-refractivity contribution < 1.29 is 4.79 Å². The molecule has 0 saturated heterocycles. The van der Waals surface area contributed by atoms with Crippen LogP contribution in [0.5, 0.6) is 0 Å². The number of hydrogen-bond acceptors (Lipinski definition) is 4. The first-order chi connectivity index (χ1) is 10.8. The molecule has 1 aliphatic rings. The van der Waals surface area contributed by atoms with Crippen molar-refractivity contribution in [2.75, 3.05) is 10.6 Å². The van der Waals surface area contributed by atoms with E-state index in [4.69, 9.17) is 0 Å². The number of thiazole rings is 1. The van der Waals surface area contributed by atoms with Gasteiger partial charge in [0.15, 0.2) is 5.13 Å². The third-order valence-electron chi connectivity index (χ3n) is 3.56. The number of hydrogen-bond donors (Lipinski definition) is 2. The van der Waals surface area contributed by atoms with Crippen LogP contribution in [0.15, 0.2) is 53.9 Å². The number of para-hydroxylation sites is 1. The second-order valence-electron chi connectivity index (χ2n) is 5.13. The summed E-state index contributed by atoms with van der Waals surface area (Å²) in [5, 5.41) is 9.02. The van der Waals surface area contributed by atoms with Crippen LogP contribution in [0.2, 0.25) is 0 Å². The van der Waals surface area contributed by atoms with Crippen molar-refractivity contribution in [1.82, 2.24) is 4.98 Å². The number of carbonyl (C=O) groups is 1. The monoisotopic (exact) mass is 307 g/mol. The van der Waals surface area contributed by atoms with Gasteiger partial charge in [0.2, 0.25) is 5.91 Å². The van der Waals surface area contributed by atoms with Crippen molar-refractivity contribution in [1.29, 1.82) is 0 Å². The number of amides is 1. The lowest BCUT2D eigenvalue weighted by molar-refractivity contribution is -0.115. The predicted molar refractivity (Wildman–Crippen MR) is 89.6 cm³/mol. The van der Waals surface area contributed by atoms with Crippen LogP contribution in [0.1, 0.15) is 5.56 Å². The number of nitrogens with one attached hydrogen (secondary N) is 2. The fourth-order valence-corrected chi connectivity index (χ4v) is 3.24. The Morgan fingerprint density at radius 3 is 2.86 bits per heavy atom. The fraction of sp³-hybridized carbons (Fsp3) is 0.0588. The molecule has 2 N–H and O–H groups in total. The van der Waals surface area contributed by atoms with Crippen LogP contribution in [-0.4, -0.2) is 10.9 Å². The van der Waals surface area contributed by atoms with Gasteiger partial charge in [-0.25, -0.2) is 4.98 Å². The Bertz CT molecular complexity index is 842. The van der Waals surface area contributed by atoms with Gasteiger partial charge in [-0.1, -0.05) is 24.3 Å². The number of benzene rings is 2. The number of nitrogens with zero attached hydrogens (tertiary/aromatic N) is 1. The number of rotatable bonds is 3. The molecule has 2 aromatic carbocycles. The summed E-state index contributed by atoms with van der Waals surface area (Å²) in [6, 6.07) is 15.9. The van der Waals surface area contributed by atoms with E-state index in [-0.39, 0.29) is 5.91 Å². The highest BCUT2D eigenvalue weighted by Gasteiger charge is 2.18. The van der Waals surface area contributed by atoms with Crippen molar-refractivity contribution >= 4 is 33.8 Å². The summed E-state index contributed by atoms with van der Waals surface area (Å²) < 4.78 is 0. The van der Waals surface area contributed by atoms with Gasteiger partial charge in [0.05, 0.1) is 12.1 Å². The standard InChI is InChI=1S/C17H13N3OS/c21-16-9-12-8-11(6-7-14(12)19-16)15-10-22-17(20-15)18-13-4-2-1-3-5-13/h1-8,10H,9H2,(H,18,20)(H,19,21). The van der Waals surface area contributed by atoms with Gasteiger partial charge < -0.3 is 10.6 Å². The van der Waals surface area contributed by atoms with Gasteiger partial charge in [-0.2, -0.15) is 0 Å². The average Bonchev–Trinajstić information content (AvgIpc) is 3.13. The molecule has 0 saturated carbocycles. The van der Waals surface area contributed by atoms with Crippen LogP contribution in [0.25, 0.3) is 11.3 Å². The lowest BCUT2D eigenvalue weighted by Crippen LogP contribution is -2.03. The van der Waals surface area contributed by atoms with E-state index in [1.165, 1.54) is 0 Å². The topological polar surface area (TPSA) is 54.0 Å². The molecule has 0 atom stereocenters. The molecular weight excluding hydrogens is 294 g/mol. The number of fused-ring (bicyclic) bond motifs is 1. The fourth-order valence-electron chi connectivity index (χ4n) is 2.50. The van der Waals surface area contributed by atoms with Gasteiger partial charge in [0, 0.05) is 22.3 Å². The van der Waals surface area contributed by atoms with Crippen molar-refractivity contribution in [3.8, 4) is 11.3 Å². The molecule has 0 aliphatic carbocycles. The maximum atomic E-state index is 11.4. The molecule has 1 aromatic heterocycles. The average molecular weight is 307 g/mol. The van der Waals surface area contributed by atoms with E-state index in [2.05, 4.69) is 15.6 Å². The number of carbonyl (C=O) groups excluding carboxylic acids is 1. The van der Waals surface area contributed by atoms with Gasteiger partial charge in [-0.05, 0) is 29.8 Å². The minimum absolute atomic E-state index is 0.0526. The van der Waals surface area contributed by atoms with E-state index in [1.54, 1.807) is 11.3 Å². The predicted octanol–water partition coefficient (Wildman–Crippen LogP) is 4.05. The van der Waals surface area contributed by atoms with Gasteiger partial charge in [0.1, 0.15) is 0 Å². The zero-order valence-electron chi connectivity index (χ0n) is 11.7. The van der Waals surface area contributed by atoms with Crippen LogP contribution in [0.4, 0.5) is 16.5 Å². The second-order valence-corrected chi connectivity index (χ2v) is 5.98. The lowest BCUT2D eigenvalue weighted by atomic mass is 10.1. The number of anilines is 3. The number of aromatic nitrogens is 1. The Labute approximate surface area is 131 Å². The molecule has 108 valence electrons. The Morgan fingerprint density at radius 2 is 2.00 bits per heavy atom. The van der Waals surface area contributed by atoms with E-state index in [0.717, 1.165) is 33.3 Å². The summed E-state index contributed by atoms with van der Waals surface area (Å²) in [4.78, 5) is 16.0. The van der Waals surface area contributed by atoms with Crippen LogP contribution in [-0.2, 0) is 11.2 Å². The first kappa shape index (κ1) is 13.0. The van der Waals surface area contributed by atoms with Crippen LogP contribution in [0, 0.1) is 0 Å². The Balaban J connectivity index is 1.59. The van der Waals surface area contributed by atoms with Crippen molar-refractivity contribution in [2.24, 2.45) is 0 Å². The smallest absolute Gasteiger partial charge is 0.228 e. The quantitative estimate of drug-likeness (QED) is 0.767. The summed E-state index contributed by atoms with van der Waals surface area (Å²) >= 11 is 1.57. The normalized spacial score (nSPS) is 12.8. The lowest BCUT2D eigenvalue weighted by Gasteiger charge is -2.02. The molecular formula is C17H13N3OS. The summed E-state index contributed by atoms with van der Waals surface area (Å²) in [5.74, 6) is 0.0526. The van der Waals surface area contributed by atoms with Crippen molar-refractivity contribution in [2.45, 2.75) is 6.42 Å². The summed E-state index contributed by atoms with van der Waals surface area (Å²) in [5.41, 5.74) is 4.92. The SMILES string of the molecule is O=C1Cc2cc(-c3csc(Nc4ccccc4)n3)ccc2N1. The minimum atomic E-state index is 0.0526. The molecule has 0 fully saturated rings. The molecule has 2 heterocycles. The highest BCUT2D eigenvalue weighted by molar-refractivity contribution is 7.14. The largest absolute Gasteiger partial charge is 0.332 e. The van der Waals surface area contributed by atoms with Crippen LogP contribution < -0.4 is 10.6 Å². The van der Waals surface area contributed by atoms with Gasteiger partial charge >= 0.3 is 0 Å². The van der Waals surface area contributed by atoms with E-state index in [9.17, 15) is 4.79 Å². The Kier molecular flexibility index (Phi) is 3.12. The summed E-state index contributed by atoms with van der Waals surface area (Å²) in [7, 11) is 0. The molecule has 5 heteroatoms. The zero-order chi connectivity index (χ0) is 14.9. The van der Waals surface area contributed by atoms with E-state index >= 15 is 0 Å². The molecule has 4 nitrogen and oxygen atoms in total. The third-order valence-corrected chi connectivity index (χ3v) is 4.31. The highest BCUT2D eigenvalue weighted by Crippen LogP contribution is 2.31. The maximum absolute atomic E-state index is 11.4. The van der Waals surface area contributed by atoms with Crippen molar-refractivity contribution in [3.63, 3.8) is 0 Å². The van der Waals surface area contributed by atoms with E-state index in [0.29, 0.717) is 6.42 Å². The Morgan fingerprint density at radius 1 is 1.14 bits per heavy atom. The minimum Gasteiger partial charge on any atom is -0.332 e.